The molecule has 2 N–H and O–H groups in total. The number of aromatic nitrogens is 3. The molecule has 4 rings (SSSR count). The predicted octanol–water partition coefficient (Wildman–Crippen LogP) is 3.13. The molecule has 1 aliphatic heterocycles. The molecule has 2 aromatic heterocycles. The van der Waals surface area contributed by atoms with Crippen LogP contribution in [-0.2, 0) is 9.53 Å². The van der Waals surface area contributed by atoms with Crippen molar-refractivity contribution in [3.8, 4) is 0 Å². The summed E-state index contributed by atoms with van der Waals surface area (Å²) in [5.41, 5.74) is 3.32. The Kier molecular flexibility index (Phi) is 6.76. The number of carbonyl (C=O) groups excluding carboxylic acids is 2. The van der Waals surface area contributed by atoms with Gasteiger partial charge in [-0.15, -0.1) is 0 Å². The summed E-state index contributed by atoms with van der Waals surface area (Å²) in [4.78, 5) is 41.5. The van der Waals surface area contributed by atoms with Crippen molar-refractivity contribution >= 4 is 40.1 Å². The Morgan fingerprint density at radius 2 is 1.74 bits per heavy atom. The second-order valence-corrected chi connectivity index (χ2v) is 9.01. The summed E-state index contributed by atoms with van der Waals surface area (Å²) in [6.07, 6.45) is 6.38. The zero-order valence-corrected chi connectivity index (χ0v) is 19.6. The van der Waals surface area contributed by atoms with E-state index in [1.54, 1.807) is 41.8 Å². The fraction of sp³-hybridized carbons (Fsp3) is 0.375. The number of anilines is 3. The van der Waals surface area contributed by atoms with E-state index in [1.165, 1.54) is 0 Å². The number of hydrogen-bond donors (Lipinski definition) is 2. The zero-order chi connectivity index (χ0) is 24.1. The summed E-state index contributed by atoms with van der Waals surface area (Å²) in [7, 11) is 0. The van der Waals surface area contributed by atoms with Crippen molar-refractivity contribution < 1.29 is 14.3 Å². The van der Waals surface area contributed by atoms with Crippen molar-refractivity contribution in [3.05, 3.63) is 49.1 Å². The number of pyridine rings is 1. The number of piperazine rings is 1. The Morgan fingerprint density at radius 3 is 2.47 bits per heavy atom. The highest BCUT2D eigenvalue weighted by Crippen LogP contribution is 2.26. The Balaban J connectivity index is 1.33. The van der Waals surface area contributed by atoms with Crippen molar-refractivity contribution in [2.75, 3.05) is 48.3 Å². The maximum atomic E-state index is 12.5. The van der Waals surface area contributed by atoms with Crippen LogP contribution in [0.5, 0.6) is 0 Å². The van der Waals surface area contributed by atoms with Gasteiger partial charge in [0.25, 0.3) is 0 Å². The molecule has 34 heavy (non-hydrogen) atoms. The smallest absolute Gasteiger partial charge is 0.410 e. The first-order chi connectivity index (χ1) is 16.3. The van der Waals surface area contributed by atoms with Crippen molar-refractivity contribution in [2.24, 2.45) is 0 Å². The quantitative estimate of drug-likeness (QED) is 0.594. The standard InChI is InChI=1S/C24H29N7O3/c1-24(2,3)34-23(33)31-12-10-30(11-13-31)21-6-7-25-15-20(21)28-16-22(32)29-17-4-5-18-19(14-17)27-9-8-26-18/h4-9,14-15,28H,10-13,16H2,1-3H3,(H,29,32). The molecule has 3 heterocycles. The molecule has 2 amide bonds. The zero-order valence-electron chi connectivity index (χ0n) is 19.6. The number of rotatable bonds is 5. The van der Waals surface area contributed by atoms with Gasteiger partial charge in [-0.3, -0.25) is 19.7 Å². The van der Waals surface area contributed by atoms with Gasteiger partial charge in [0.2, 0.25) is 5.91 Å². The molecule has 0 atom stereocenters. The molecule has 1 aromatic carbocycles. The highest BCUT2D eigenvalue weighted by molar-refractivity contribution is 5.95. The van der Waals surface area contributed by atoms with Crippen LogP contribution in [0.1, 0.15) is 20.8 Å². The maximum absolute atomic E-state index is 12.5. The second kappa shape index (κ2) is 9.90. The van der Waals surface area contributed by atoms with E-state index in [2.05, 4.69) is 30.5 Å². The van der Waals surface area contributed by atoms with Gasteiger partial charge in [0.05, 0.1) is 35.1 Å². The Hall–Kier alpha value is -3.95. The van der Waals surface area contributed by atoms with Crippen LogP contribution in [-0.4, -0.2) is 70.2 Å². The minimum absolute atomic E-state index is 0.0784. The fourth-order valence-corrected chi connectivity index (χ4v) is 3.68. The lowest BCUT2D eigenvalue weighted by Gasteiger charge is -2.37. The first-order valence-electron chi connectivity index (χ1n) is 11.2. The van der Waals surface area contributed by atoms with Crippen LogP contribution < -0.4 is 15.5 Å². The molecule has 1 aliphatic rings. The number of amides is 2. The van der Waals surface area contributed by atoms with Gasteiger partial charge in [-0.2, -0.15) is 0 Å². The predicted molar refractivity (Wildman–Crippen MR) is 131 cm³/mol. The summed E-state index contributed by atoms with van der Waals surface area (Å²) in [6, 6.07) is 7.32. The van der Waals surface area contributed by atoms with E-state index >= 15 is 0 Å². The van der Waals surface area contributed by atoms with E-state index in [-0.39, 0.29) is 18.5 Å². The summed E-state index contributed by atoms with van der Waals surface area (Å²) >= 11 is 0. The van der Waals surface area contributed by atoms with Crippen LogP contribution in [0.4, 0.5) is 21.9 Å². The average molecular weight is 464 g/mol. The molecule has 178 valence electrons. The van der Waals surface area contributed by atoms with E-state index in [0.29, 0.717) is 37.4 Å². The minimum atomic E-state index is -0.517. The second-order valence-electron chi connectivity index (χ2n) is 9.01. The molecule has 0 unspecified atom stereocenters. The van der Waals surface area contributed by atoms with Crippen molar-refractivity contribution in [2.45, 2.75) is 26.4 Å². The number of ether oxygens (including phenoxy) is 1. The van der Waals surface area contributed by atoms with Gasteiger partial charge in [-0.25, -0.2) is 4.79 Å². The number of nitrogens with zero attached hydrogens (tertiary/aromatic N) is 5. The first-order valence-corrected chi connectivity index (χ1v) is 11.2. The number of hydrogen-bond acceptors (Lipinski definition) is 8. The van der Waals surface area contributed by atoms with E-state index in [1.807, 2.05) is 32.9 Å². The molecule has 0 bridgehead atoms. The third kappa shape index (κ3) is 5.89. The highest BCUT2D eigenvalue weighted by atomic mass is 16.6. The molecule has 1 fully saturated rings. The summed E-state index contributed by atoms with van der Waals surface area (Å²) in [5.74, 6) is -0.187. The van der Waals surface area contributed by atoms with E-state index in [9.17, 15) is 9.59 Å². The van der Waals surface area contributed by atoms with Gasteiger partial charge in [0, 0.05) is 50.5 Å². The van der Waals surface area contributed by atoms with Crippen molar-refractivity contribution in [1.29, 1.82) is 0 Å². The third-order valence-corrected chi connectivity index (χ3v) is 5.26. The number of carbonyl (C=O) groups is 2. The van der Waals surface area contributed by atoms with E-state index < -0.39 is 5.60 Å². The van der Waals surface area contributed by atoms with Crippen LogP contribution in [0.3, 0.4) is 0 Å². The number of benzene rings is 1. The lowest BCUT2D eigenvalue weighted by Crippen LogP contribution is -2.50. The summed E-state index contributed by atoms with van der Waals surface area (Å²) < 4.78 is 5.47. The van der Waals surface area contributed by atoms with Crippen LogP contribution in [0.15, 0.2) is 49.1 Å². The average Bonchev–Trinajstić information content (AvgIpc) is 2.82. The molecule has 10 heteroatoms. The number of nitrogens with one attached hydrogen (secondary N) is 2. The monoisotopic (exact) mass is 463 g/mol. The molecule has 3 aromatic rings. The van der Waals surface area contributed by atoms with E-state index in [4.69, 9.17) is 4.74 Å². The van der Waals surface area contributed by atoms with Gasteiger partial charge >= 0.3 is 6.09 Å². The van der Waals surface area contributed by atoms with Crippen molar-refractivity contribution in [3.63, 3.8) is 0 Å². The molecule has 0 radical (unpaired) electrons. The molecule has 10 nitrogen and oxygen atoms in total. The van der Waals surface area contributed by atoms with Crippen LogP contribution in [0.25, 0.3) is 11.0 Å². The lowest BCUT2D eigenvalue weighted by atomic mass is 10.2. The molecule has 1 saturated heterocycles. The fourth-order valence-electron chi connectivity index (χ4n) is 3.68. The highest BCUT2D eigenvalue weighted by Gasteiger charge is 2.26. The lowest BCUT2D eigenvalue weighted by molar-refractivity contribution is -0.114. The number of fused-ring (bicyclic) bond motifs is 1. The molecule has 0 spiro atoms. The first kappa shape index (κ1) is 23.2. The van der Waals surface area contributed by atoms with Gasteiger partial charge in [0.1, 0.15) is 5.60 Å². The summed E-state index contributed by atoms with van der Waals surface area (Å²) in [6.45, 7) is 8.09. The van der Waals surface area contributed by atoms with Crippen LogP contribution in [0.2, 0.25) is 0 Å². The Bertz CT molecular complexity index is 1170. The largest absolute Gasteiger partial charge is 0.444 e. The third-order valence-electron chi connectivity index (χ3n) is 5.26. The minimum Gasteiger partial charge on any atom is -0.444 e. The molecular weight excluding hydrogens is 434 g/mol. The Morgan fingerprint density at radius 1 is 1.00 bits per heavy atom. The Labute approximate surface area is 198 Å². The van der Waals surface area contributed by atoms with Crippen molar-refractivity contribution in [1.82, 2.24) is 19.9 Å². The normalized spacial score (nSPS) is 14.1. The SMILES string of the molecule is CC(C)(C)OC(=O)N1CCN(c2ccncc2NCC(=O)Nc2ccc3nccnc3c2)CC1. The topological polar surface area (TPSA) is 113 Å². The molecule has 0 saturated carbocycles. The van der Waals surface area contributed by atoms with Gasteiger partial charge in [-0.1, -0.05) is 0 Å². The van der Waals surface area contributed by atoms with Gasteiger partial charge in [0.15, 0.2) is 0 Å². The van der Waals surface area contributed by atoms with Crippen LogP contribution >= 0.6 is 0 Å². The van der Waals surface area contributed by atoms with Crippen LogP contribution in [0, 0.1) is 0 Å². The van der Waals surface area contributed by atoms with Gasteiger partial charge in [-0.05, 0) is 45.0 Å². The molecular formula is C24H29N7O3. The van der Waals surface area contributed by atoms with E-state index in [0.717, 1.165) is 16.9 Å². The molecule has 0 aliphatic carbocycles. The maximum Gasteiger partial charge on any atom is 0.410 e. The summed E-state index contributed by atoms with van der Waals surface area (Å²) in [5, 5.41) is 6.06. The van der Waals surface area contributed by atoms with Gasteiger partial charge < -0.3 is 25.2 Å².